The van der Waals surface area contributed by atoms with Crippen LogP contribution in [0.3, 0.4) is 0 Å². The van der Waals surface area contributed by atoms with E-state index < -0.39 is 12.1 Å². The van der Waals surface area contributed by atoms with E-state index in [2.05, 4.69) is 86.8 Å². The van der Waals surface area contributed by atoms with Crippen LogP contribution in [0.4, 0.5) is 0 Å². The average Bonchev–Trinajstić information content (AvgIpc) is 3.12. The first-order chi connectivity index (χ1) is 24.6. The molecule has 0 unspecified atom stereocenters. The predicted molar refractivity (Wildman–Crippen MR) is 214 cm³/mol. The molecule has 284 valence electrons. The van der Waals surface area contributed by atoms with Gasteiger partial charge < -0.3 is 14.6 Å². The Labute approximate surface area is 307 Å². The third kappa shape index (κ3) is 37.9. The lowest BCUT2D eigenvalue weighted by molar-refractivity contribution is -0.161. The molecule has 1 atom stereocenters. The molecule has 0 bridgehead atoms. The van der Waals surface area contributed by atoms with E-state index in [1.54, 1.807) is 0 Å². The number of carbonyl (C=O) groups excluding carboxylic acids is 2. The number of aliphatic hydroxyl groups excluding tert-OH is 1. The van der Waals surface area contributed by atoms with Crippen molar-refractivity contribution in [1.82, 2.24) is 0 Å². The van der Waals surface area contributed by atoms with Gasteiger partial charge in [0, 0.05) is 12.8 Å². The molecule has 0 aromatic carbocycles. The molecule has 0 spiro atoms. The van der Waals surface area contributed by atoms with E-state index >= 15 is 0 Å². The zero-order valence-electron chi connectivity index (χ0n) is 32.1. The van der Waals surface area contributed by atoms with Crippen LogP contribution >= 0.6 is 0 Å². The van der Waals surface area contributed by atoms with E-state index in [0.29, 0.717) is 12.8 Å². The highest BCUT2D eigenvalue weighted by molar-refractivity contribution is 5.70. The van der Waals surface area contributed by atoms with Gasteiger partial charge in [0.2, 0.25) is 0 Å². The molecule has 1 N–H and O–H groups in total. The number of unbranched alkanes of at least 4 members (excludes halogenated alkanes) is 13. The van der Waals surface area contributed by atoms with Gasteiger partial charge >= 0.3 is 11.9 Å². The average molecular weight is 695 g/mol. The second-order valence-electron chi connectivity index (χ2n) is 13.0. The minimum atomic E-state index is -0.819. The molecule has 0 aliphatic heterocycles. The number of hydrogen-bond acceptors (Lipinski definition) is 5. The van der Waals surface area contributed by atoms with Gasteiger partial charge in [0.15, 0.2) is 6.10 Å². The van der Waals surface area contributed by atoms with Gasteiger partial charge in [-0.2, -0.15) is 0 Å². The Bertz CT molecular complexity index is 968. The normalized spacial score (nSPS) is 13.1. The molecule has 0 saturated heterocycles. The van der Waals surface area contributed by atoms with Crippen LogP contribution in [0.15, 0.2) is 85.1 Å². The summed E-state index contributed by atoms with van der Waals surface area (Å²) < 4.78 is 10.5. The van der Waals surface area contributed by atoms with E-state index in [1.807, 2.05) is 12.2 Å². The zero-order valence-corrected chi connectivity index (χ0v) is 32.1. The number of ether oxygens (including phenoxy) is 2. The van der Waals surface area contributed by atoms with Crippen molar-refractivity contribution in [3.8, 4) is 0 Å². The summed E-state index contributed by atoms with van der Waals surface area (Å²) in [7, 11) is 0. The fraction of sp³-hybridized carbons (Fsp3) is 0.644. The molecule has 0 saturated carbocycles. The van der Waals surface area contributed by atoms with E-state index in [4.69, 9.17) is 9.47 Å². The Kier molecular flexibility index (Phi) is 38.1. The van der Waals surface area contributed by atoms with Crippen LogP contribution in [0.5, 0.6) is 0 Å². The quantitative estimate of drug-likeness (QED) is 0.0406. The number of carbonyl (C=O) groups is 2. The lowest BCUT2D eigenvalue weighted by Gasteiger charge is -2.15. The predicted octanol–water partition coefficient (Wildman–Crippen LogP) is 12.7. The first-order valence-electron chi connectivity index (χ1n) is 20.1. The third-order valence-corrected chi connectivity index (χ3v) is 8.17. The van der Waals surface area contributed by atoms with Gasteiger partial charge in [-0.1, -0.05) is 157 Å². The molecule has 0 aromatic rings. The summed E-state index contributed by atoms with van der Waals surface area (Å²) in [6.07, 6.45) is 55.0. The Morgan fingerprint density at radius 1 is 0.460 bits per heavy atom. The standard InChI is InChI=1S/C45H74O5/c1-3-5-7-9-11-13-15-17-19-21-22-24-26-28-30-32-34-36-38-40-45(48)50-43(41-46)42-49-44(47)39-37-35-33-31-29-27-25-23-20-18-16-14-12-10-8-6-4-2/h11-14,17-20,22,24,28,30,34,36,43,46H,3-10,15-16,21,23,25-27,29,31-33,35,37-42H2,1-2H3/b13-11-,14-12-,19-17-,20-18-,24-22-,30-28-,36-34-/t43-/m0/s1. The molecule has 0 heterocycles. The fourth-order valence-electron chi connectivity index (χ4n) is 5.09. The molecule has 0 aliphatic carbocycles. The van der Waals surface area contributed by atoms with Gasteiger partial charge in [-0.05, 0) is 83.5 Å². The van der Waals surface area contributed by atoms with E-state index in [0.717, 1.165) is 57.8 Å². The minimum Gasteiger partial charge on any atom is -0.462 e. The number of rotatable bonds is 35. The zero-order chi connectivity index (χ0) is 36.4. The van der Waals surface area contributed by atoms with Crippen molar-refractivity contribution < 1.29 is 24.2 Å². The van der Waals surface area contributed by atoms with Crippen molar-refractivity contribution in [2.24, 2.45) is 0 Å². The summed E-state index contributed by atoms with van der Waals surface area (Å²) in [5.74, 6) is -0.703. The third-order valence-electron chi connectivity index (χ3n) is 8.17. The van der Waals surface area contributed by atoms with E-state index in [-0.39, 0.29) is 25.6 Å². The largest absolute Gasteiger partial charge is 0.462 e. The van der Waals surface area contributed by atoms with E-state index in [1.165, 1.54) is 77.0 Å². The molecule has 0 fully saturated rings. The second kappa shape index (κ2) is 40.5. The van der Waals surface area contributed by atoms with Crippen LogP contribution in [-0.4, -0.2) is 36.4 Å². The van der Waals surface area contributed by atoms with Gasteiger partial charge in [-0.25, -0.2) is 0 Å². The van der Waals surface area contributed by atoms with Crippen molar-refractivity contribution in [3.05, 3.63) is 85.1 Å². The lowest BCUT2D eigenvalue weighted by Crippen LogP contribution is -2.28. The summed E-state index contributed by atoms with van der Waals surface area (Å²) in [6, 6.07) is 0. The van der Waals surface area contributed by atoms with Gasteiger partial charge in [0.05, 0.1) is 6.61 Å². The number of esters is 2. The molecular formula is C45H74O5. The molecular weight excluding hydrogens is 620 g/mol. The fourth-order valence-corrected chi connectivity index (χ4v) is 5.09. The van der Waals surface area contributed by atoms with Crippen molar-refractivity contribution in [2.45, 2.75) is 174 Å². The van der Waals surface area contributed by atoms with Crippen LogP contribution in [0, 0.1) is 0 Å². The van der Waals surface area contributed by atoms with Gasteiger partial charge in [-0.15, -0.1) is 0 Å². The Balaban J connectivity index is 3.72. The highest BCUT2D eigenvalue weighted by Gasteiger charge is 2.15. The number of allylic oxidation sites excluding steroid dienone is 14. The molecule has 0 amide bonds. The smallest absolute Gasteiger partial charge is 0.306 e. The highest BCUT2D eigenvalue weighted by Crippen LogP contribution is 2.11. The number of hydrogen-bond donors (Lipinski definition) is 1. The Morgan fingerprint density at radius 3 is 1.28 bits per heavy atom. The molecule has 0 rings (SSSR count). The molecule has 0 aromatic heterocycles. The van der Waals surface area contributed by atoms with E-state index in [9.17, 15) is 14.7 Å². The molecule has 0 radical (unpaired) electrons. The summed E-state index contributed by atoms with van der Waals surface area (Å²) in [5, 5.41) is 9.55. The topological polar surface area (TPSA) is 72.8 Å². The number of aliphatic hydroxyl groups is 1. The first-order valence-corrected chi connectivity index (χ1v) is 20.1. The van der Waals surface area contributed by atoms with Gasteiger partial charge in [0.1, 0.15) is 6.61 Å². The van der Waals surface area contributed by atoms with Crippen LogP contribution in [0.2, 0.25) is 0 Å². The van der Waals surface area contributed by atoms with Gasteiger partial charge in [0.25, 0.3) is 0 Å². The summed E-state index contributed by atoms with van der Waals surface area (Å²) in [4.78, 5) is 24.2. The van der Waals surface area contributed by atoms with Crippen LogP contribution in [-0.2, 0) is 19.1 Å². The van der Waals surface area contributed by atoms with Crippen molar-refractivity contribution in [2.75, 3.05) is 13.2 Å². The molecule has 0 aliphatic rings. The second-order valence-corrected chi connectivity index (χ2v) is 13.0. The van der Waals surface area contributed by atoms with Crippen LogP contribution in [0.1, 0.15) is 168 Å². The van der Waals surface area contributed by atoms with Crippen LogP contribution in [0.25, 0.3) is 0 Å². The summed E-state index contributed by atoms with van der Waals surface area (Å²) in [6.45, 7) is 4.00. The SMILES string of the molecule is CCCCC/C=C\C/C=C\C/C=C\C/C=C\C/C=C\CCC(=O)O[C@@H](CO)COC(=O)CCCCCCCCC/C=C\C/C=C\CCCCC. The minimum absolute atomic E-state index is 0.104. The highest BCUT2D eigenvalue weighted by atomic mass is 16.6. The lowest BCUT2D eigenvalue weighted by atomic mass is 10.1. The maximum absolute atomic E-state index is 12.1. The first kappa shape index (κ1) is 47.1. The van der Waals surface area contributed by atoms with Crippen molar-refractivity contribution in [3.63, 3.8) is 0 Å². The maximum atomic E-state index is 12.1. The molecule has 5 nitrogen and oxygen atoms in total. The molecule has 5 heteroatoms. The van der Waals surface area contributed by atoms with Crippen LogP contribution < -0.4 is 0 Å². The maximum Gasteiger partial charge on any atom is 0.306 e. The monoisotopic (exact) mass is 695 g/mol. The summed E-state index contributed by atoms with van der Waals surface area (Å²) >= 11 is 0. The van der Waals surface area contributed by atoms with Gasteiger partial charge in [-0.3, -0.25) is 9.59 Å². The van der Waals surface area contributed by atoms with Crippen molar-refractivity contribution in [1.29, 1.82) is 0 Å². The summed E-state index contributed by atoms with van der Waals surface area (Å²) in [5.41, 5.74) is 0. The Hall–Kier alpha value is -2.92. The Morgan fingerprint density at radius 2 is 0.840 bits per heavy atom. The van der Waals surface area contributed by atoms with Crippen molar-refractivity contribution >= 4 is 11.9 Å². The molecule has 50 heavy (non-hydrogen) atoms.